The molecule has 4 nitrogen and oxygen atoms in total. The Morgan fingerprint density at radius 1 is 1.37 bits per heavy atom. The molecule has 100 valence electrons. The van der Waals surface area contributed by atoms with Crippen LogP contribution in [0, 0.1) is 13.8 Å². The fourth-order valence-electron chi connectivity index (χ4n) is 1.69. The number of rotatable bonds is 3. The van der Waals surface area contributed by atoms with Crippen molar-refractivity contribution in [2.24, 2.45) is 0 Å². The Kier molecular flexibility index (Phi) is 4.42. The number of carbonyl (C=O) groups excluding carboxylic acids is 1. The first-order valence-electron chi connectivity index (χ1n) is 5.64. The third-order valence-corrected chi connectivity index (χ3v) is 3.96. The lowest BCUT2D eigenvalue weighted by molar-refractivity contribution is 0.0950. The number of nitrogens with zero attached hydrogens (tertiary/aromatic N) is 1. The number of nitrogens with one attached hydrogen (secondary N) is 1. The number of aromatic nitrogens is 1. The summed E-state index contributed by atoms with van der Waals surface area (Å²) in [5.74, 6) is 0.583. The van der Waals surface area contributed by atoms with Gasteiger partial charge in [-0.3, -0.25) is 4.79 Å². The normalized spacial score (nSPS) is 10.5. The summed E-state index contributed by atoms with van der Waals surface area (Å²) in [6.07, 6.45) is 0. The minimum Gasteiger partial charge on any atom is -0.361 e. The van der Waals surface area contributed by atoms with E-state index in [2.05, 4.69) is 42.3 Å². The van der Waals surface area contributed by atoms with Crippen molar-refractivity contribution in [3.05, 3.63) is 49.7 Å². The van der Waals surface area contributed by atoms with Crippen LogP contribution in [-0.2, 0) is 6.54 Å². The quantitative estimate of drug-likeness (QED) is 0.872. The molecule has 1 amide bonds. The van der Waals surface area contributed by atoms with Gasteiger partial charge in [0.05, 0.1) is 11.3 Å². The van der Waals surface area contributed by atoms with Gasteiger partial charge in [0.25, 0.3) is 5.91 Å². The molecular formula is C13H12Br2N2O2. The van der Waals surface area contributed by atoms with E-state index in [4.69, 9.17) is 4.52 Å². The molecular weight excluding hydrogens is 376 g/mol. The van der Waals surface area contributed by atoms with E-state index < -0.39 is 0 Å². The number of hydrogen-bond acceptors (Lipinski definition) is 3. The molecule has 0 fully saturated rings. The van der Waals surface area contributed by atoms with Gasteiger partial charge < -0.3 is 9.84 Å². The van der Waals surface area contributed by atoms with Crippen LogP contribution in [0.4, 0.5) is 0 Å². The Morgan fingerprint density at radius 3 is 2.74 bits per heavy atom. The highest BCUT2D eigenvalue weighted by molar-refractivity contribution is 9.11. The molecule has 1 N–H and O–H groups in total. The van der Waals surface area contributed by atoms with E-state index in [1.165, 1.54) is 0 Å². The molecule has 0 spiro atoms. The summed E-state index contributed by atoms with van der Waals surface area (Å²) in [6.45, 7) is 4.09. The van der Waals surface area contributed by atoms with Crippen LogP contribution >= 0.6 is 31.9 Å². The number of carbonyl (C=O) groups is 1. The summed E-state index contributed by atoms with van der Waals surface area (Å²) in [6, 6.07) is 5.47. The van der Waals surface area contributed by atoms with E-state index in [0.717, 1.165) is 26.0 Å². The maximum absolute atomic E-state index is 12.1. The molecule has 2 aromatic rings. The SMILES string of the molecule is Cc1noc(C)c1CNC(=O)c1cc(Br)ccc1Br. The molecule has 0 saturated carbocycles. The van der Waals surface area contributed by atoms with Crippen molar-refractivity contribution in [1.29, 1.82) is 0 Å². The number of amides is 1. The van der Waals surface area contributed by atoms with Crippen molar-refractivity contribution in [3.63, 3.8) is 0 Å². The molecule has 0 saturated heterocycles. The Balaban J connectivity index is 2.12. The first-order valence-corrected chi connectivity index (χ1v) is 7.22. The second kappa shape index (κ2) is 5.88. The summed E-state index contributed by atoms with van der Waals surface area (Å²) in [4.78, 5) is 12.1. The van der Waals surface area contributed by atoms with Crippen molar-refractivity contribution in [1.82, 2.24) is 10.5 Å². The van der Waals surface area contributed by atoms with E-state index >= 15 is 0 Å². The third kappa shape index (κ3) is 3.25. The topological polar surface area (TPSA) is 55.1 Å². The zero-order valence-electron chi connectivity index (χ0n) is 10.5. The molecule has 6 heteroatoms. The smallest absolute Gasteiger partial charge is 0.252 e. The van der Waals surface area contributed by atoms with Crippen molar-refractivity contribution in [2.45, 2.75) is 20.4 Å². The van der Waals surface area contributed by atoms with Gasteiger partial charge in [-0.05, 0) is 48.0 Å². The summed E-state index contributed by atoms with van der Waals surface area (Å²) in [5, 5.41) is 6.72. The Hall–Kier alpha value is -1.14. The van der Waals surface area contributed by atoms with Crippen molar-refractivity contribution >= 4 is 37.8 Å². The molecule has 0 unspecified atom stereocenters. The standard InChI is InChI=1S/C13H12Br2N2O2/c1-7-11(8(2)19-17-7)6-16-13(18)10-5-9(14)3-4-12(10)15/h3-5H,6H2,1-2H3,(H,16,18). The summed E-state index contributed by atoms with van der Waals surface area (Å²) >= 11 is 6.72. The first kappa shape index (κ1) is 14.3. The summed E-state index contributed by atoms with van der Waals surface area (Å²) in [7, 11) is 0. The average Bonchev–Trinajstić information content (AvgIpc) is 2.69. The molecule has 1 aromatic heterocycles. The molecule has 19 heavy (non-hydrogen) atoms. The second-order valence-corrected chi connectivity index (χ2v) is 5.88. The largest absolute Gasteiger partial charge is 0.361 e. The van der Waals surface area contributed by atoms with Gasteiger partial charge in [-0.25, -0.2) is 0 Å². The number of aryl methyl sites for hydroxylation is 2. The van der Waals surface area contributed by atoms with Crippen LogP contribution < -0.4 is 5.32 Å². The monoisotopic (exact) mass is 386 g/mol. The third-order valence-electron chi connectivity index (χ3n) is 2.78. The highest BCUT2D eigenvalue weighted by Gasteiger charge is 2.13. The molecule has 0 aliphatic carbocycles. The van der Waals surface area contributed by atoms with Gasteiger partial charge in [-0.1, -0.05) is 21.1 Å². The van der Waals surface area contributed by atoms with E-state index in [1.807, 2.05) is 26.0 Å². The van der Waals surface area contributed by atoms with Crippen LogP contribution in [0.3, 0.4) is 0 Å². The predicted octanol–water partition coefficient (Wildman–Crippen LogP) is 3.75. The van der Waals surface area contributed by atoms with Crippen molar-refractivity contribution in [3.8, 4) is 0 Å². The molecule has 0 bridgehead atoms. The zero-order chi connectivity index (χ0) is 14.0. The van der Waals surface area contributed by atoms with Crippen molar-refractivity contribution < 1.29 is 9.32 Å². The van der Waals surface area contributed by atoms with Crippen LogP contribution in [-0.4, -0.2) is 11.1 Å². The lowest BCUT2D eigenvalue weighted by Gasteiger charge is -2.07. The minimum absolute atomic E-state index is 0.145. The summed E-state index contributed by atoms with van der Waals surface area (Å²) < 4.78 is 6.67. The number of benzene rings is 1. The average molecular weight is 388 g/mol. The van der Waals surface area contributed by atoms with Gasteiger partial charge in [0, 0.05) is 21.1 Å². The highest BCUT2D eigenvalue weighted by atomic mass is 79.9. The van der Waals surface area contributed by atoms with E-state index in [-0.39, 0.29) is 5.91 Å². The van der Waals surface area contributed by atoms with Gasteiger partial charge in [-0.15, -0.1) is 0 Å². The van der Waals surface area contributed by atoms with Gasteiger partial charge >= 0.3 is 0 Å². The molecule has 1 heterocycles. The number of halogens is 2. The lowest BCUT2D eigenvalue weighted by atomic mass is 10.2. The van der Waals surface area contributed by atoms with Crippen LogP contribution in [0.15, 0.2) is 31.7 Å². The number of hydrogen-bond donors (Lipinski definition) is 1. The Labute approximate surface area is 127 Å². The molecule has 0 atom stereocenters. The predicted molar refractivity (Wildman–Crippen MR) is 79.0 cm³/mol. The maximum atomic E-state index is 12.1. The minimum atomic E-state index is -0.145. The fourth-order valence-corrected chi connectivity index (χ4v) is 2.48. The van der Waals surface area contributed by atoms with Gasteiger partial charge in [0.15, 0.2) is 0 Å². The molecule has 0 radical (unpaired) electrons. The van der Waals surface area contributed by atoms with E-state index in [0.29, 0.717) is 12.1 Å². The second-order valence-electron chi connectivity index (χ2n) is 4.11. The van der Waals surface area contributed by atoms with Crippen molar-refractivity contribution in [2.75, 3.05) is 0 Å². The molecule has 1 aromatic carbocycles. The van der Waals surface area contributed by atoms with Crippen LogP contribution in [0.2, 0.25) is 0 Å². The highest BCUT2D eigenvalue weighted by Crippen LogP contribution is 2.21. The Bertz CT molecular complexity index is 604. The molecule has 0 aliphatic rings. The molecule has 2 rings (SSSR count). The Morgan fingerprint density at radius 2 is 2.11 bits per heavy atom. The van der Waals surface area contributed by atoms with E-state index in [1.54, 1.807) is 6.07 Å². The fraction of sp³-hybridized carbons (Fsp3) is 0.231. The lowest BCUT2D eigenvalue weighted by Crippen LogP contribution is -2.23. The zero-order valence-corrected chi connectivity index (χ0v) is 13.6. The van der Waals surface area contributed by atoms with Gasteiger partial charge in [0.2, 0.25) is 0 Å². The summed E-state index contributed by atoms with van der Waals surface area (Å²) in [5.41, 5.74) is 2.30. The van der Waals surface area contributed by atoms with Gasteiger partial charge in [-0.2, -0.15) is 0 Å². The first-order chi connectivity index (χ1) is 8.99. The van der Waals surface area contributed by atoms with Gasteiger partial charge in [0.1, 0.15) is 5.76 Å². The van der Waals surface area contributed by atoms with E-state index in [9.17, 15) is 4.79 Å². The maximum Gasteiger partial charge on any atom is 0.252 e. The van der Waals surface area contributed by atoms with Crippen LogP contribution in [0.25, 0.3) is 0 Å². The van der Waals surface area contributed by atoms with Crippen LogP contribution in [0.5, 0.6) is 0 Å². The van der Waals surface area contributed by atoms with Crippen LogP contribution in [0.1, 0.15) is 27.4 Å². The molecule has 0 aliphatic heterocycles.